The Hall–Kier alpha value is -1.27. The fraction of sp³-hybridized carbons (Fsp3) is 0.615. The van der Waals surface area contributed by atoms with Crippen LogP contribution in [0.25, 0.3) is 0 Å². The maximum atomic E-state index is 11.6. The standard InChI is InChI=1S/C13H20BNO4/c1-6-17-11(16)15-8-7-10(9-15)14-18-12(2,3)13(4,5)19-14/h7-9H,6H2,1-5H3. The normalized spacial score (nSPS) is 20.6. The van der Waals surface area contributed by atoms with Gasteiger partial charge >= 0.3 is 13.2 Å². The Bertz CT molecular complexity index is 465. The van der Waals surface area contributed by atoms with Gasteiger partial charge in [-0.05, 0) is 40.7 Å². The summed E-state index contributed by atoms with van der Waals surface area (Å²) in [5, 5.41) is 0. The maximum absolute atomic E-state index is 11.6. The van der Waals surface area contributed by atoms with Crippen LogP contribution in [-0.4, -0.2) is 35.6 Å². The van der Waals surface area contributed by atoms with E-state index in [1.165, 1.54) is 4.57 Å². The van der Waals surface area contributed by atoms with Crippen LogP contribution in [0.15, 0.2) is 18.5 Å². The Morgan fingerprint density at radius 2 is 1.89 bits per heavy atom. The highest BCUT2D eigenvalue weighted by Gasteiger charge is 2.51. The summed E-state index contributed by atoms with van der Waals surface area (Å²) < 4.78 is 18.2. The molecule has 0 N–H and O–H groups in total. The van der Waals surface area contributed by atoms with E-state index in [0.29, 0.717) is 6.61 Å². The molecule has 0 saturated carbocycles. The van der Waals surface area contributed by atoms with Crippen molar-refractivity contribution >= 4 is 18.7 Å². The highest BCUT2D eigenvalue weighted by molar-refractivity contribution is 6.62. The van der Waals surface area contributed by atoms with Crippen LogP contribution in [0.4, 0.5) is 4.79 Å². The third-order valence-corrected chi connectivity index (χ3v) is 3.72. The lowest BCUT2D eigenvalue weighted by atomic mass is 9.81. The monoisotopic (exact) mass is 265 g/mol. The van der Waals surface area contributed by atoms with E-state index in [1.807, 2.05) is 27.7 Å². The van der Waals surface area contributed by atoms with E-state index < -0.39 is 13.2 Å². The first-order valence-electron chi connectivity index (χ1n) is 6.47. The minimum atomic E-state index is -0.458. The average Bonchev–Trinajstić information content (AvgIpc) is 2.83. The summed E-state index contributed by atoms with van der Waals surface area (Å²) in [5.41, 5.74) is 0.0413. The first kappa shape index (κ1) is 14.2. The lowest BCUT2D eigenvalue weighted by Gasteiger charge is -2.32. The van der Waals surface area contributed by atoms with Crippen molar-refractivity contribution < 1.29 is 18.8 Å². The van der Waals surface area contributed by atoms with Gasteiger partial charge in [-0.3, -0.25) is 4.57 Å². The summed E-state index contributed by atoms with van der Waals surface area (Å²) in [6.45, 7) is 10.1. The minimum absolute atomic E-state index is 0.350. The van der Waals surface area contributed by atoms with Crippen molar-refractivity contribution in [1.82, 2.24) is 4.57 Å². The maximum Gasteiger partial charge on any atom is 0.496 e. The van der Waals surface area contributed by atoms with Crippen LogP contribution in [0.5, 0.6) is 0 Å². The highest BCUT2D eigenvalue weighted by atomic mass is 16.7. The number of carbonyl (C=O) groups is 1. The van der Waals surface area contributed by atoms with Gasteiger partial charge in [0.25, 0.3) is 0 Å². The van der Waals surface area contributed by atoms with Gasteiger partial charge in [0.05, 0.1) is 17.8 Å². The predicted molar refractivity (Wildman–Crippen MR) is 72.6 cm³/mol. The lowest BCUT2D eigenvalue weighted by Crippen LogP contribution is -2.41. The molecule has 0 amide bonds. The van der Waals surface area contributed by atoms with Crippen LogP contribution in [0.1, 0.15) is 34.6 Å². The molecular formula is C13H20BNO4. The van der Waals surface area contributed by atoms with Crippen LogP contribution in [0.2, 0.25) is 0 Å². The molecule has 0 unspecified atom stereocenters. The van der Waals surface area contributed by atoms with Crippen molar-refractivity contribution in [1.29, 1.82) is 0 Å². The van der Waals surface area contributed by atoms with Crippen molar-refractivity contribution in [3.8, 4) is 0 Å². The highest BCUT2D eigenvalue weighted by Crippen LogP contribution is 2.36. The summed E-state index contributed by atoms with van der Waals surface area (Å²) in [6, 6.07) is 1.80. The molecule has 1 fully saturated rings. The molecule has 0 spiro atoms. The second kappa shape index (κ2) is 4.69. The van der Waals surface area contributed by atoms with Gasteiger partial charge in [0, 0.05) is 17.9 Å². The summed E-state index contributed by atoms with van der Waals surface area (Å²) >= 11 is 0. The van der Waals surface area contributed by atoms with Crippen molar-refractivity contribution in [2.24, 2.45) is 0 Å². The molecule has 2 heterocycles. The predicted octanol–water partition coefficient (Wildman–Crippen LogP) is 1.79. The molecular weight excluding hydrogens is 245 g/mol. The lowest BCUT2D eigenvalue weighted by molar-refractivity contribution is 0.00578. The summed E-state index contributed by atoms with van der Waals surface area (Å²) in [6.07, 6.45) is 2.93. The molecule has 1 saturated heterocycles. The van der Waals surface area contributed by atoms with E-state index in [2.05, 4.69) is 0 Å². The van der Waals surface area contributed by atoms with Crippen LogP contribution >= 0.6 is 0 Å². The van der Waals surface area contributed by atoms with Gasteiger partial charge in [-0.15, -0.1) is 0 Å². The van der Waals surface area contributed by atoms with E-state index in [1.54, 1.807) is 25.4 Å². The zero-order chi connectivity index (χ0) is 14.3. The Balaban J connectivity index is 2.15. The quantitative estimate of drug-likeness (QED) is 0.765. The number of nitrogens with zero attached hydrogens (tertiary/aromatic N) is 1. The number of aromatic nitrogens is 1. The van der Waals surface area contributed by atoms with Gasteiger partial charge in [0.15, 0.2) is 0 Å². The number of carbonyl (C=O) groups excluding carboxylic acids is 1. The van der Waals surface area contributed by atoms with E-state index >= 15 is 0 Å². The Kier molecular flexibility index (Phi) is 3.49. The molecule has 104 valence electrons. The van der Waals surface area contributed by atoms with Crippen LogP contribution in [-0.2, 0) is 14.0 Å². The fourth-order valence-corrected chi connectivity index (χ4v) is 1.84. The Morgan fingerprint density at radius 3 is 2.42 bits per heavy atom. The molecule has 0 radical (unpaired) electrons. The molecule has 5 nitrogen and oxygen atoms in total. The summed E-state index contributed by atoms with van der Waals surface area (Å²) in [4.78, 5) is 11.6. The molecule has 0 aromatic carbocycles. The molecule has 1 aromatic rings. The third kappa shape index (κ3) is 2.55. The number of ether oxygens (including phenoxy) is 1. The van der Waals surface area contributed by atoms with Crippen LogP contribution < -0.4 is 5.46 Å². The van der Waals surface area contributed by atoms with Crippen molar-refractivity contribution in [2.45, 2.75) is 45.8 Å². The molecule has 19 heavy (non-hydrogen) atoms. The molecule has 0 bridgehead atoms. The molecule has 1 aliphatic rings. The molecule has 0 aliphatic carbocycles. The van der Waals surface area contributed by atoms with Crippen molar-refractivity contribution in [3.63, 3.8) is 0 Å². The van der Waals surface area contributed by atoms with E-state index in [9.17, 15) is 4.79 Å². The van der Waals surface area contributed by atoms with Gasteiger partial charge in [-0.2, -0.15) is 0 Å². The van der Waals surface area contributed by atoms with Gasteiger partial charge in [-0.25, -0.2) is 4.79 Å². The zero-order valence-corrected chi connectivity index (χ0v) is 12.1. The SMILES string of the molecule is CCOC(=O)n1ccc(B2OC(C)(C)C(C)(C)O2)c1. The zero-order valence-electron chi connectivity index (χ0n) is 12.1. The van der Waals surface area contributed by atoms with Crippen LogP contribution in [0.3, 0.4) is 0 Å². The van der Waals surface area contributed by atoms with E-state index in [4.69, 9.17) is 14.0 Å². The van der Waals surface area contributed by atoms with E-state index in [0.717, 1.165) is 5.46 Å². The molecule has 1 aromatic heterocycles. The smallest absolute Gasteiger partial charge is 0.449 e. The van der Waals surface area contributed by atoms with Crippen LogP contribution in [0, 0.1) is 0 Å². The fourth-order valence-electron chi connectivity index (χ4n) is 1.84. The summed E-state index contributed by atoms with van der Waals surface area (Å²) in [7, 11) is -0.458. The topological polar surface area (TPSA) is 49.7 Å². The molecule has 1 aliphatic heterocycles. The third-order valence-electron chi connectivity index (χ3n) is 3.72. The minimum Gasteiger partial charge on any atom is -0.449 e. The number of hydrogen-bond acceptors (Lipinski definition) is 4. The van der Waals surface area contributed by atoms with Gasteiger partial charge in [0.2, 0.25) is 0 Å². The van der Waals surface area contributed by atoms with Crippen molar-refractivity contribution in [3.05, 3.63) is 18.5 Å². The molecule has 6 heteroatoms. The average molecular weight is 265 g/mol. The van der Waals surface area contributed by atoms with Gasteiger partial charge in [0.1, 0.15) is 0 Å². The molecule has 2 rings (SSSR count). The molecule has 0 atom stereocenters. The Labute approximate surface area is 114 Å². The summed E-state index contributed by atoms with van der Waals surface area (Å²) in [5.74, 6) is 0. The second-order valence-electron chi connectivity index (χ2n) is 5.64. The Morgan fingerprint density at radius 1 is 1.32 bits per heavy atom. The first-order valence-corrected chi connectivity index (χ1v) is 6.47. The van der Waals surface area contributed by atoms with Crippen molar-refractivity contribution in [2.75, 3.05) is 6.61 Å². The van der Waals surface area contributed by atoms with Gasteiger partial charge < -0.3 is 14.0 Å². The van der Waals surface area contributed by atoms with E-state index in [-0.39, 0.29) is 11.2 Å². The van der Waals surface area contributed by atoms with Gasteiger partial charge in [-0.1, -0.05) is 0 Å². The number of hydrogen-bond donors (Lipinski definition) is 0. The largest absolute Gasteiger partial charge is 0.496 e. The first-order chi connectivity index (χ1) is 8.77. The second-order valence-corrected chi connectivity index (χ2v) is 5.64. The number of rotatable bonds is 2.